The third-order valence-electron chi connectivity index (χ3n) is 2.63. The Morgan fingerprint density at radius 3 is 2.53 bits per heavy atom. The van der Waals surface area contributed by atoms with Crippen LogP contribution >= 0.6 is 0 Å². The maximum Gasteiger partial charge on any atom is 0.328 e. The Balaban J connectivity index is 2.84. The highest BCUT2D eigenvalue weighted by molar-refractivity contribution is 5.98. The number of amides is 1. The van der Waals surface area contributed by atoms with Gasteiger partial charge >= 0.3 is 5.97 Å². The topological polar surface area (TPSA) is 81.4 Å². The van der Waals surface area contributed by atoms with E-state index in [0.29, 0.717) is 17.0 Å². The summed E-state index contributed by atoms with van der Waals surface area (Å²) in [6.07, 6.45) is 0. The van der Waals surface area contributed by atoms with Crippen molar-refractivity contribution in [3.05, 3.63) is 17.0 Å². The Bertz CT molecular complexity index is 465. The van der Waals surface area contributed by atoms with Gasteiger partial charge in [0.25, 0.3) is 5.91 Å². The summed E-state index contributed by atoms with van der Waals surface area (Å²) < 4.78 is 9.98. The van der Waals surface area contributed by atoms with E-state index in [0.717, 1.165) is 0 Å². The van der Waals surface area contributed by atoms with Crippen molar-refractivity contribution in [1.82, 2.24) is 10.5 Å². The second kappa shape index (κ2) is 6.36. The lowest BCUT2D eigenvalue weighted by Crippen LogP contribution is -2.40. The fraction of sp³-hybridized carbons (Fsp3) is 0.615. The van der Waals surface area contributed by atoms with Crippen LogP contribution in [0.4, 0.5) is 0 Å². The van der Waals surface area contributed by atoms with Gasteiger partial charge in [0, 0.05) is 5.92 Å². The monoisotopic (exact) mass is 268 g/mol. The maximum absolute atomic E-state index is 12.2. The molecular weight excluding hydrogens is 248 g/mol. The van der Waals surface area contributed by atoms with Gasteiger partial charge in [-0.2, -0.15) is 0 Å². The molecule has 19 heavy (non-hydrogen) atoms. The summed E-state index contributed by atoms with van der Waals surface area (Å²) in [5, 5.41) is 6.38. The Hall–Kier alpha value is -1.85. The minimum absolute atomic E-state index is 0.0415. The van der Waals surface area contributed by atoms with Crippen molar-refractivity contribution < 1.29 is 18.8 Å². The number of hydrogen-bond acceptors (Lipinski definition) is 5. The van der Waals surface area contributed by atoms with Gasteiger partial charge in [-0.1, -0.05) is 19.0 Å². The van der Waals surface area contributed by atoms with Gasteiger partial charge in [0.1, 0.15) is 11.6 Å². The molecule has 1 N–H and O–H groups in total. The zero-order valence-electron chi connectivity index (χ0n) is 11.9. The third-order valence-corrected chi connectivity index (χ3v) is 2.63. The molecule has 1 amide bonds. The molecule has 0 aromatic carbocycles. The Kier molecular flexibility index (Phi) is 5.09. The Morgan fingerprint density at radius 1 is 1.37 bits per heavy atom. The van der Waals surface area contributed by atoms with Crippen LogP contribution in [0.2, 0.25) is 0 Å². The lowest BCUT2D eigenvalue weighted by Gasteiger charge is -2.13. The van der Waals surface area contributed by atoms with Gasteiger partial charge in [0.05, 0.1) is 12.3 Å². The zero-order chi connectivity index (χ0) is 14.6. The molecule has 0 aliphatic heterocycles. The molecule has 1 rings (SSSR count). The highest BCUT2D eigenvalue weighted by Gasteiger charge is 2.25. The van der Waals surface area contributed by atoms with Crippen molar-refractivity contribution in [2.45, 2.75) is 46.6 Å². The van der Waals surface area contributed by atoms with Crippen molar-refractivity contribution in [2.24, 2.45) is 0 Å². The molecule has 6 nitrogen and oxygen atoms in total. The van der Waals surface area contributed by atoms with E-state index in [1.807, 2.05) is 13.8 Å². The minimum atomic E-state index is -0.707. The number of nitrogens with zero attached hydrogens (tertiary/aromatic N) is 1. The van der Waals surface area contributed by atoms with Gasteiger partial charge in [-0.25, -0.2) is 4.79 Å². The smallest absolute Gasteiger partial charge is 0.328 e. The average Bonchev–Trinajstić information content (AvgIpc) is 2.71. The summed E-state index contributed by atoms with van der Waals surface area (Å²) in [5.41, 5.74) is 0.906. The van der Waals surface area contributed by atoms with Crippen LogP contribution < -0.4 is 5.32 Å². The predicted molar refractivity (Wildman–Crippen MR) is 68.9 cm³/mol. The summed E-state index contributed by atoms with van der Waals surface area (Å²) >= 11 is 0. The lowest BCUT2D eigenvalue weighted by atomic mass is 10.0. The lowest BCUT2D eigenvalue weighted by molar-refractivity contribution is -0.144. The molecule has 0 bridgehead atoms. The number of aryl methyl sites for hydroxylation is 1. The molecular formula is C13H20N2O4. The first-order valence-electron chi connectivity index (χ1n) is 6.32. The molecule has 106 valence electrons. The van der Waals surface area contributed by atoms with Crippen molar-refractivity contribution in [1.29, 1.82) is 0 Å². The van der Waals surface area contributed by atoms with Crippen molar-refractivity contribution >= 4 is 11.9 Å². The van der Waals surface area contributed by atoms with Gasteiger partial charge in [-0.3, -0.25) is 4.79 Å². The molecule has 1 heterocycles. The van der Waals surface area contributed by atoms with E-state index in [1.54, 1.807) is 20.8 Å². The molecule has 0 fully saturated rings. The number of rotatable bonds is 5. The summed E-state index contributed by atoms with van der Waals surface area (Å²) in [6.45, 7) is 9.08. The SMILES string of the molecule is CCOC(=O)C(C)NC(=O)c1c(C)noc1C(C)C. The summed E-state index contributed by atoms with van der Waals surface area (Å²) in [6, 6.07) is -0.707. The van der Waals surface area contributed by atoms with Gasteiger partial charge in [-0.15, -0.1) is 0 Å². The number of aromatic nitrogens is 1. The van der Waals surface area contributed by atoms with E-state index in [9.17, 15) is 9.59 Å². The molecule has 0 saturated carbocycles. The van der Waals surface area contributed by atoms with E-state index < -0.39 is 12.0 Å². The largest absolute Gasteiger partial charge is 0.464 e. The van der Waals surface area contributed by atoms with Crippen LogP contribution in [-0.2, 0) is 9.53 Å². The van der Waals surface area contributed by atoms with Crippen LogP contribution in [0, 0.1) is 6.92 Å². The zero-order valence-corrected chi connectivity index (χ0v) is 11.9. The fourth-order valence-electron chi connectivity index (χ4n) is 1.65. The van der Waals surface area contributed by atoms with Crippen LogP contribution in [0.15, 0.2) is 4.52 Å². The van der Waals surface area contributed by atoms with Crippen LogP contribution in [0.25, 0.3) is 0 Å². The molecule has 0 aliphatic rings. The van der Waals surface area contributed by atoms with E-state index in [-0.39, 0.29) is 18.4 Å². The number of carbonyl (C=O) groups excluding carboxylic acids is 2. The first-order valence-corrected chi connectivity index (χ1v) is 6.32. The van der Waals surface area contributed by atoms with Crippen molar-refractivity contribution in [3.63, 3.8) is 0 Å². The molecule has 1 aromatic rings. The van der Waals surface area contributed by atoms with Gasteiger partial charge in [-0.05, 0) is 20.8 Å². The maximum atomic E-state index is 12.2. The highest BCUT2D eigenvalue weighted by Crippen LogP contribution is 2.22. The second-order valence-corrected chi connectivity index (χ2v) is 4.61. The van der Waals surface area contributed by atoms with Gasteiger partial charge < -0.3 is 14.6 Å². The predicted octanol–water partition coefficient (Wildman–Crippen LogP) is 1.79. The molecule has 1 atom stereocenters. The first kappa shape index (κ1) is 15.2. The molecule has 0 spiro atoms. The van der Waals surface area contributed by atoms with E-state index in [4.69, 9.17) is 9.26 Å². The van der Waals surface area contributed by atoms with Crippen LogP contribution in [0.5, 0.6) is 0 Å². The van der Waals surface area contributed by atoms with E-state index in [1.165, 1.54) is 0 Å². The standard InChI is InChI=1S/C13H20N2O4/c1-6-18-13(17)9(5)14-12(16)10-8(4)15-19-11(10)7(2)3/h7,9H,6H2,1-5H3,(H,14,16). The second-order valence-electron chi connectivity index (χ2n) is 4.61. The first-order chi connectivity index (χ1) is 8.88. The molecule has 1 aromatic heterocycles. The van der Waals surface area contributed by atoms with E-state index >= 15 is 0 Å². The molecule has 6 heteroatoms. The number of ether oxygens (including phenoxy) is 1. The molecule has 0 saturated heterocycles. The summed E-state index contributed by atoms with van der Waals surface area (Å²) in [5.74, 6) is -0.273. The third kappa shape index (κ3) is 3.56. The summed E-state index contributed by atoms with van der Waals surface area (Å²) in [7, 11) is 0. The van der Waals surface area contributed by atoms with Crippen LogP contribution in [0.3, 0.4) is 0 Å². The van der Waals surface area contributed by atoms with Gasteiger partial charge in [0.2, 0.25) is 0 Å². The number of nitrogens with one attached hydrogen (secondary N) is 1. The van der Waals surface area contributed by atoms with Crippen LogP contribution in [-0.4, -0.2) is 29.7 Å². The fourth-order valence-corrected chi connectivity index (χ4v) is 1.65. The normalized spacial score (nSPS) is 12.3. The van der Waals surface area contributed by atoms with Crippen molar-refractivity contribution in [2.75, 3.05) is 6.61 Å². The molecule has 1 unspecified atom stereocenters. The minimum Gasteiger partial charge on any atom is -0.464 e. The molecule has 0 radical (unpaired) electrons. The Morgan fingerprint density at radius 2 is 2.00 bits per heavy atom. The average molecular weight is 268 g/mol. The molecule has 0 aliphatic carbocycles. The van der Waals surface area contributed by atoms with Crippen LogP contribution in [0.1, 0.15) is 55.4 Å². The van der Waals surface area contributed by atoms with Gasteiger partial charge in [0.15, 0.2) is 5.76 Å². The number of carbonyl (C=O) groups is 2. The highest BCUT2D eigenvalue weighted by atomic mass is 16.5. The van der Waals surface area contributed by atoms with E-state index in [2.05, 4.69) is 10.5 Å². The summed E-state index contributed by atoms with van der Waals surface area (Å²) in [4.78, 5) is 23.6. The number of hydrogen-bond donors (Lipinski definition) is 1. The number of esters is 1. The quantitative estimate of drug-likeness (QED) is 0.823. The van der Waals surface area contributed by atoms with Crippen molar-refractivity contribution in [3.8, 4) is 0 Å². The Labute approximate surface area is 112 Å².